The van der Waals surface area contributed by atoms with Crippen LogP contribution in [0.2, 0.25) is 0 Å². The van der Waals surface area contributed by atoms with Crippen LogP contribution in [0, 0.1) is 0 Å². The van der Waals surface area contributed by atoms with E-state index in [-0.39, 0.29) is 34.0 Å². The van der Waals surface area contributed by atoms with E-state index in [2.05, 4.69) is 5.32 Å². The zero-order valence-corrected chi connectivity index (χ0v) is 15.7. The van der Waals surface area contributed by atoms with Crippen molar-refractivity contribution in [3.8, 4) is 0 Å². The van der Waals surface area contributed by atoms with E-state index in [0.29, 0.717) is 13.1 Å². The molecule has 0 amide bonds. The predicted octanol–water partition coefficient (Wildman–Crippen LogP) is 1.27. The molecule has 1 fully saturated rings. The lowest BCUT2D eigenvalue weighted by Gasteiger charge is -2.24. The lowest BCUT2D eigenvalue weighted by Crippen LogP contribution is -2.40. The number of sulfone groups is 1. The number of hydrogen-bond acceptors (Lipinski definition) is 5. The van der Waals surface area contributed by atoms with Crippen LogP contribution in [0.1, 0.15) is 19.8 Å². The van der Waals surface area contributed by atoms with Crippen molar-refractivity contribution in [2.75, 3.05) is 25.9 Å². The molecule has 1 aromatic carbocycles. The molecule has 0 saturated carbocycles. The lowest BCUT2D eigenvalue weighted by atomic mass is 10.2. The second-order valence-electron chi connectivity index (χ2n) is 5.35. The van der Waals surface area contributed by atoms with Crippen molar-refractivity contribution in [3.05, 3.63) is 24.3 Å². The maximum atomic E-state index is 12.8. The summed E-state index contributed by atoms with van der Waals surface area (Å²) in [6, 6.07) is 5.56. The molecule has 0 aromatic heterocycles. The van der Waals surface area contributed by atoms with Crippen LogP contribution in [0.5, 0.6) is 0 Å². The Balaban J connectivity index is 0.00000264. The Morgan fingerprint density at radius 2 is 1.87 bits per heavy atom. The predicted molar refractivity (Wildman–Crippen MR) is 92.3 cm³/mol. The summed E-state index contributed by atoms with van der Waals surface area (Å²) < 4.78 is 51.0. The fraction of sp³-hybridized carbons (Fsp3) is 0.571. The quantitative estimate of drug-likeness (QED) is 0.801. The standard InChI is InChI=1S/C14H22N2O4S2.ClH/c1-3-21(17,18)13-7-4-8-14(10-13)22(19,20)16-9-5-6-12(16)11-15-2;/h4,7-8,10,12,15H,3,5-6,9,11H2,1-2H3;1H. The van der Waals surface area contributed by atoms with Crippen molar-refractivity contribution in [1.29, 1.82) is 0 Å². The molecule has 0 bridgehead atoms. The molecule has 23 heavy (non-hydrogen) atoms. The van der Waals surface area contributed by atoms with Crippen molar-refractivity contribution < 1.29 is 16.8 Å². The molecular weight excluding hydrogens is 360 g/mol. The van der Waals surface area contributed by atoms with Crippen LogP contribution in [-0.4, -0.2) is 53.1 Å². The fourth-order valence-corrected chi connectivity index (χ4v) is 5.43. The number of benzene rings is 1. The van der Waals surface area contributed by atoms with Crippen molar-refractivity contribution in [1.82, 2.24) is 9.62 Å². The van der Waals surface area contributed by atoms with E-state index in [1.165, 1.54) is 28.6 Å². The topological polar surface area (TPSA) is 83.5 Å². The summed E-state index contributed by atoms with van der Waals surface area (Å²) in [6.45, 7) is 2.60. The molecule has 1 atom stereocenters. The van der Waals surface area contributed by atoms with E-state index in [0.717, 1.165) is 12.8 Å². The van der Waals surface area contributed by atoms with Gasteiger partial charge in [0.25, 0.3) is 0 Å². The van der Waals surface area contributed by atoms with Gasteiger partial charge >= 0.3 is 0 Å². The Hall–Kier alpha value is -0.670. The average Bonchev–Trinajstić information content (AvgIpc) is 2.97. The zero-order chi connectivity index (χ0) is 16.4. The van der Waals surface area contributed by atoms with Crippen molar-refractivity contribution >= 4 is 32.3 Å². The molecule has 1 heterocycles. The first-order chi connectivity index (χ1) is 10.3. The molecule has 9 heteroatoms. The highest BCUT2D eigenvalue weighted by Crippen LogP contribution is 2.27. The second kappa shape index (κ2) is 7.94. The van der Waals surface area contributed by atoms with Crippen LogP contribution in [0.3, 0.4) is 0 Å². The summed E-state index contributed by atoms with van der Waals surface area (Å²) in [5, 5.41) is 3.01. The smallest absolute Gasteiger partial charge is 0.243 e. The van der Waals surface area contributed by atoms with Gasteiger partial charge in [-0.05, 0) is 38.1 Å². The second-order valence-corrected chi connectivity index (χ2v) is 9.52. The first-order valence-corrected chi connectivity index (χ1v) is 10.4. The van der Waals surface area contributed by atoms with Crippen LogP contribution < -0.4 is 5.32 Å². The molecule has 0 radical (unpaired) electrons. The Morgan fingerprint density at radius 1 is 1.22 bits per heavy atom. The molecule has 1 aromatic rings. The molecule has 6 nitrogen and oxygen atoms in total. The van der Waals surface area contributed by atoms with Crippen LogP contribution in [0.25, 0.3) is 0 Å². The maximum Gasteiger partial charge on any atom is 0.243 e. The van der Waals surface area contributed by atoms with Crippen molar-refractivity contribution in [2.45, 2.75) is 35.6 Å². The number of nitrogens with zero attached hydrogens (tertiary/aromatic N) is 1. The molecule has 1 aliphatic rings. The first kappa shape index (κ1) is 20.4. The van der Waals surface area contributed by atoms with Gasteiger partial charge in [0.1, 0.15) is 0 Å². The summed E-state index contributed by atoms with van der Waals surface area (Å²) in [5.41, 5.74) is 0. The van der Waals surface area contributed by atoms with Crippen molar-refractivity contribution in [3.63, 3.8) is 0 Å². The van der Waals surface area contributed by atoms with Gasteiger partial charge in [0.15, 0.2) is 9.84 Å². The van der Waals surface area contributed by atoms with Gasteiger partial charge in [-0.1, -0.05) is 13.0 Å². The van der Waals surface area contributed by atoms with Gasteiger partial charge in [-0.2, -0.15) is 4.31 Å². The molecule has 0 spiro atoms. The Labute approximate surface area is 144 Å². The number of halogens is 1. The van der Waals surface area contributed by atoms with E-state index in [9.17, 15) is 16.8 Å². The summed E-state index contributed by atoms with van der Waals surface area (Å²) >= 11 is 0. The average molecular weight is 383 g/mol. The Kier molecular flexibility index (Phi) is 7.03. The summed E-state index contributed by atoms with van der Waals surface area (Å²) in [6.07, 6.45) is 1.63. The maximum absolute atomic E-state index is 12.8. The normalized spacial score (nSPS) is 19.5. The summed E-state index contributed by atoms with van der Waals surface area (Å²) in [5.74, 6) is -0.0530. The highest BCUT2D eigenvalue weighted by molar-refractivity contribution is 7.91. The van der Waals surface area contributed by atoms with E-state index >= 15 is 0 Å². The molecule has 1 N–H and O–H groups in total. The molecule has 1 aliphatic heterocycles. The Morgan fingerprint density at radius 3 is 2.48 bits per heavy atom. The molecule has 132 valence electrons. The molecule has 2 rings (SSSR count). The highest BCUT2D eigenvalue weighted by Gasteiger charge is 2.35. The minimum Gasteiger partial charge on any atom is -0.318 e. The fourth-order valence-electron chi connectivity index (χ4n) is 2.70. The van der Waals surface area contributed by atoms with Crippen LogP contribution in [0.4, 0.5) is 0 Å². The molecular formula is C14H23ClN2O4S2. The third kappa shape index (κ3) is 4.24. The third-order valence-corrected chi connectivity index (χ3v) is 7.59. The number of hydrogen-bond donors (Lipinski definition) is 1. The van der Waals surface area contributed by atoms with Gasteiger partial charge in [-0.15, -0.1) is 12.4 Å². The Bertz CT molecular complexity index is 735. The first-order valence-electron chi connectivity index (χ1n) is 7.32. The minimum absolute atomic E-state index is 0. The molecule has 1 saturated heterocycles. The lowest BCUT2D eigenvalue weighted by molar-refractivity contribution is 0.379. The van der Waals surface area contributed by atoms with Gasteiger partial charge < -0.3 is 5.32 Å². The van der Waals surface area contributed by atoms with Crippen LogP contribution >= 0.6 is 12.4 Å². The van der Waals surface area contributed by atoms with Crippen LogP contribution in [-0.2, 0) is 19.9 Å². The number of likely N-dealkylation sites (N-methyl/N-ethyl adjacent to an activating group) is 1. The van der Waals surface area contributed by atoms with E-state index in [1.54, 1.807) is 14.0 Å². The number of sulfonamides is 1. The van der Waals surface area contributed by atoms with Gasteiger partial charge in [0.2, 0.25) is 10.0 Å². The van der Waals surface area contributed by atoms with Crippen molar-refractivity contribution in [2.24, 2.45) is 0 Å². The zero-order valence-electron chi connectivity index (χ0n) is 13.2. The highest BCUT2D eigenvalue weighted by atomic mass is 35.5. The minimum atomic E-state index is -3.67. The van der Waals surface area contributed by atoms with E-state index in [4.69, 9.17) is 0 Å². The number of nitrogens with one attached hydrogen (secondary N) is 1. The van der Waals surface area contributed by atoms with E-state index in [1.807, 2.05) is 0 Å². The number of rotatable bonds is 6. The van der Waals surface area contributed by atoms with Gasteiger partial charge in [-0.3, -0.25) is 0 Å². The van der Waals surface area contributed by atoms with Crippen LogP contribution in [0.15, 0.2) is 34.1 Å². The van der Waals surface area contributed by atoms with Gasteiger partial charge in [0.05, 0.1) is 15.5 Å². The molecule has 1 unspecified atom stereocenters. The largest absolute Gasteiger partial charge is 0.318 e. The summed E-state index contributed by atoms with van der Waals surface area (Å²) in [7, 11) is -5.31. The van der Waals surface area contributed by atoms with E-state index < -0.39 is 19.9 Å². The SMILES string of the molecule is CCS(=O)(=O)c1cccc(S(=O)(=O)N2CCCC2CNC)c1.Cl. The molecule has 0 aliphatic carbocycles. The van der Waals surface area contributed by atoms with Gasteiger partial charge in [0, 0.05) is 19.1 Å². The monoisotopic (exact) mass is 382 g/mol. The van der Waals surface area contributed by atoms with Gasteiger partial charge in [-0.25, -0.2) is 16.8 Å². The summed E-state index contributed by atoms with van der Waals surface area (Å²) in [4.78, 5) is 0.102. The third-order valence-electron chi connectivity index (χ3n) is 3.91.